The lowest BCUT2D eigenvalue weighted by Gasteiger charge is -2.41. The SMILES string of the molecule is CC1CCC(C)C(O)(Cc2ccccc2Br)C1. The molecule has 2 heteroatoms. The summed E-state index contributed by atoms with van der Waals surface area (Å²) in [5.74, 6) is 1.03. The van der Waals surface area contributed by atoms with Crippen molar-refractivity contribution in [2.45, 2.75) is 45.1 Å². The second kappa shape index (κ2) is 5.11. The average molecular weight is 297 g/mol. The minimum absolute atomic E-state index is 0.394. The highest BCUT2D eigenvalue weighted by molar-refractivity contribution is 9.10. The standard InChI is InChI=1S/C15H21BrO/c1-11-7-8-12(2)15(17,9-11)10-13-5-3-4-6-14(13)16/h3-6,11-12,17H,7-10H2,1-2H3. The van der Waals surface area contributed by atoms with Crippen molar-refractivity contribution in [3.05, 3.63) is 34.3 Å². The van der Waals surface area contributed by atoms with Crippen LogP contribution in [0, 0.1) is 11.8 Å². The lowest BCUT2D eigenvalue weighted by atomic mass is 9.69. The summed E-state index contributed by atoms with van der Waals surface area (Å²) in [7, 11) is 0. The van der Waals surface area contributed by atoms with Gasteiger partial charge in [-0.3, -0.25) is 0 Å². The van der Waals surface area contributed by atoms with Gasteiger partial charge in [0.2, 0.25) is 0 Å². The molecule has 94 valence electrons. The number of aliphatic hydroxyl groups is 1. The molecule has 1 N–H and O–H groups in total. The summed E-state index contributed by atoms with van der Waals surface area (Å²) < 4.78 is 1.11. The van der Waals surface area contributed by atoms with Gasteiger partial charge in [-0.05, 0) is 36.3 Å². The maximum atomic E-state index is 10.9. The van der Waals surface area contributed by atoms with Crippen LogP contribution >= 0.6 is 15.9 Å². The fraction of sp³-hybridized carbons (Fsp3) is 0.600. The highest BCUT2D eigenvalue weighted by Crippen LogP contribution is 2.39. The molecule has 0 heterocycles. The Kier molecular flexibility index (Phi) is 3.94. The zero-order chi connectivity index (χ0) is 12.5. The Balaban J connectivity index is 2.18. The fourth-order valence-electron chi connectivity index (χ4n) is 2.93. The molecule has 0 bridgehead atoms. The zero-order valence-electron chi connectivity index (χ0n) is 10.6. The van der Waals surface area contributed by atoms with E-state index < -0.39 is 5.60 Å². The number of hydrogen-bond donors (Lipinski definition) is 1. The molecule has 1 aromatic rings. The van der Waals surface area contributed by atoms with Crippen LogP contribution in [0.25, 0.3) is 0 Å². The van der Waals surface area contributed by atoms with Crippen molar-refractivity contribution in [2.75, 3.05) is 0 Å². The summed E-state index contributed by atoms with van der Waals surface area (Å²) in [4.78, 5) is 0. The van der Waals surface area contributed by atoms with Crippen molar-refractivity contribution >= 4 is 15.9 Å². The van der Waals surface area contributed by atoms with Crippen LogP contribution in [0.3, 0.4) is 0 Å². The molecular weight excluding hydrogens is 276 g/mol. The van der Waals surface area contributed by atoms with Gasteiger partial charge < -0.3 is 5.11 Å². The van der Waals surface area contributed by atoms with Crippen molar-refractivity contribution in [2.24, 2.45) is 11.8 Å². The number of hydrogen-bond acceptors (Lipinski definition) is 1. The van der Waals surface area contributed by atoms with E-state index in [9.17, 15) is 5.11 Å². The molecule has 3 unspecified atom stereocenters. The molecule has 0 radical (unpaired) electrons. The first-order chi connectivity index (χ1) is 8.01. The van der Waals surface area contributed by atoms with Crippen molar-refractivity contribution in [1.82, 2.24) is 0 Å². The predicted octanol–water partition coefficient (Wildman–Crippen LogP) is 4.18. The van der Waals surface area contributed by atoms with Crippen molar-refractivity contribution in [1.29, 1.82) is 0 Å². The molecule has 1 nitrogen and oxygen atoms in total. The smallest absolute Gasteiger partial charge is 0.0716 e. The lowest BCUT2D eigenvalue weighted by molar-refractivity contribution is -0.0561. The van der Waals surface area contributed by atoms with Gasteiger partial charge in [0.15, 0.2) is 0 Å². The average Bonchev–Trinajstić information content (AvgIpc) is 2.27. The number of halogens is 1. The molecule has 17 heavy (non-hydrogen) atoms. The van der Waals surface area contributed by atoms with Crippen LogP contribution in [0.4, 0.5) is 0 Å². The molecule has 2 rings (SSSR count). The Bertz CT molecular complexity index is 390. The van der Waals surface area contributed by atoms with Crippen molar-refractivity contribution < 1.29 is 5.11 Å². The third kappa shape index (κ3) is 2.92. The second-order valence-corrected chi connectivity index (χ2v) is 6.51. The van der Waals surface area contributed by atoms with Gasteiger partial charge in [0.05, 0.1) is 5.60 Å². The van der Waals surface area contributed by atoms with E-state index in [1.807, 2.05) is 12.1 Å². The molecule has 0 amide bonds. The largest absolute Gasteiger partial charge is 0.389 e. The third-order valence-electron chi connectivity index (χ3n) is 4.17. The van der Waals surface area contributed by atoms with Gasteiger partial charge in [0.1, 0.15) is 0 Å². The highest BCUT2D eigenvalue weighted by Gasteiger charge is 2.38. The molecular formula is C15H21BrO. The van der Waals surface area contributed by atoms with Gasteiger partial charge in [-0.2, -0.15) is 0 Å². The third-order valence-corrected chi connectivity index (χ3v) is 4.94. The summed E-state index contributed by atoms with van der Waals surface area (Å²) in [6.45, 7) is 4.43. The molecule has 1 fully saturated rings. The summed E-state index contributed by atoms with van der Waals surface area (Å²) in [5, 5.41) is 10.9. The fourth-order valence-corrected chi connectivity index (χ4v) is 3.35. The van der Waals surface area contributed by atoms with Crippen LogP contribution in [0.1, 0.15) is 38.7 Å². The van der Waals surface area contributed by atoms with Gasteiger partial charge in [-0.25, -0.2) is 0 Å². The van der Waals surface area contributed by atoms with Gasteiger partial charge in [0.25, 0.3) is 0 Å². The van der Waals surface area contributed by atoms with Gasteiger partial charge in [-0.1, -0.05) is 54.4 Å². The topological polar surface area (TPSA) is 20.2 Å². The van der Waals surface area contributed by atoms with Gasteiger partial charge >= 0.3 is 0 Å². The van der Waals surface area contributed by atoms with Crippen LogP contribution < -0.4 is 0 Å². The summed E-state index contributed by atoms with van der Waals surface area (Å²) in [5.41, 5.74) is 0.692. The van der Waals surface area contributed by atoms with Crippen LogP contribution in [0.5, 0.6) is 0 Å². The molecule has 0 spiro atoms. The molecule has 3 atom stereocenters. The van der Waals surface area contributed by atoms with E-state index >= 15 is 0 Å². The Morgan fingerprint density at radius 1 is 1.29 bits per heavy atom. The number of benzene rings is 1. The summed E-state index contributed by atoms with van der Waals surface area (Å²) in [6.07, 6.45) is 4.08. The molecule has 1 aromatic carbocycles. The van der Waals surface area contributed by atoms with E-state index in [4.69, 9.17) is 0 Å². The summed E-state index contributed by atoms with van der Waals surface area (Å²) in [6, 6.07) is 8.22. The minimum atomic E-state index is -0.526. The predicted molar refractivity (Wildman–Crippen MR) is 75.0 cm³/mol. The first-order valence-electron chi connectivity index (χ1n) is 6.47. The van der Waals surface area contributed by atoms with Gasteiger partial charge in [0, 0.05) is 10.9 Å². The van der Waals surface area contributed by atoms with E-state index in [0.29, 0.717) is 11.8 Å². The van der Waals surface area contributed by atoms with Crippen molar-refractivity contribution in [3.8, 4) is 0 Å². The molecule has 1 aliphatic rings. The lowest BCUT2D eigenvalue weighted by Crippen LogP contribution is -2.43. The maximum Gasteiger partial charge on any atom is 0.0716 e. The first-order valence-corrected chi connectivity index (χ1v) is 7.26. The van der Waals surface area contributed by atoms with E-state index in [2.05, 4.69) is 41.9 Å². The second-order valence-electron chi connectivity index (χ2n) is 5.66. The first kappa shape index (κ1) is 13.1. The minimum Gasteiger partial charge on any atom is -0.389 e. The molecule has 0 saturated heterocycles. The van der Waals surface area contributed by atoms with Crippen molar-refractivity contribution in [3.63, 3.8) is 0 Å². The monoisotopic (exact) mass is 296 g/mol. The normalized spacial score (nSPS) is 33.6. The summed E-state index contributed by atoms with van der Waals surface area (Å²) >= 11 is 3.57. The quantitative estimate of drug-likeness (QED) is 0.868. The van der Waals surface area contributed by atoms with Crippen LogP contribution in [-0.2, 0) is 6.42 Å². The van der Waals surface area contributed by atoms with E-state index in [1.165, 1.54) is 12.0 Å². The van der Waals surface area contributed by atoms with E-state index in [-0.39, 0.29) is 0 Å². The van der Waals surface area contributed by atoms with Crippen LogP contribution in [0.15, 0.2) is 28.7 Å². The van der Waals surface area contributed by atoms with Crippen LogP contribution in [-0.4, -0.2) is 10.7 Å². The number of rotatable bonds is 2. The maximum absolute atomic E-state index is 10.9. The Hall–Kier alpha value is -0.340. The molecule has 0 aromatic heterocycles. The Labute approximate surface area is 112 Å². The molecule has 0 aliphatic heterocycles. The highest BCUT2D eigenvalue weighted by atomic mass is 79.9. The van der Waals surface area contributed by atoms with Crippen LogP contribution in [0.2, 0.25) is 0 Å². The van der Waals surface area contributed by atoms with E-state index in [0.717, 1.165) is 23.7 Å². The van der Waals surface area contributed by atoms with E-state index in [1.54, 1.807) is 0 Å². The zero-order valence-corrected chi connectivity index (χ0v) is 12.2. The Morgan fingerprint density at radius 2 is 2.00 bits per heavy atom. The molecule has 1 aliphatic carbocycles. The molecule has 1 saturated carbocycles. The van der Waals surface area contributed by atoms with Gasteiger partial charge in [-0.15, -0.1) is 0 Å². The Morgan fingerprint density at radius 3 is 2.71 bits per heavy atom.